The van der Waals surface area contributed by atoms with Gasteiger partial charge in [-0.25, -0.2) is 4.52 Å². The second-order valence-electron chi connectivity index (χ2n) is 7.74. The third-order valence-electron chi connectivity index (χ3n) is 6.07. The summed E-state index contributed by atoms with van der Waals surface area (Å²) >= 11 is 3.40. The van der Waals surface area contributed by atoms with Crippen LogP contribution in [-0.2, 0) is 13.0 Å². The van der Waals surface area contributed by atoms with Crippen molar-refractivity contribution in [1.29, 1.82) is 0 Å². The number of halogens is 1. The number of nitrogens with one attached hydrogen (secondary N) is 1. The summed E-state index contributed by atoms with van der Waals surface area (Å²) in [4.78, 5) is 14.8. The Balaban J connectivity index is 1.35. The molecule has 144 valence electrons. The van der Waals surface area contributed by atoms with E-state index >= 15 is 0 Å². The maximum absolute atomic E-state index is 13.0. The Hall–Kier alpha value is -2.22. The first kappa shape index (κ1) is 17.8. The van der Waals surface area contributed by atoms with Gasteiger partial charge < -0.3 is 15.3 Å². The fraction of sp³-hybridized carbons (Fsp3) is 0.333. The topological polar surface area (TPSA) is 69.9 Å². The van der Waals surface area contributed by atoms with Gasteiger partial charge in [0.15, 0.2) is 0 Å². The molecule has 0 unspecified atom stereocenters. The number of aromatic nitrogens is 2. The summed E-state index contributed by atoms with van der Waals surface area (Å²) in [7, 11) is 0. The summed E-state index contributed by atoms with van der Waals surface area (Å²) in [5.41, 5.74) is 3.67. The molecule has 1 saturated heterocycles. The lowest BCUT2D eigenvalue weighted by Crippen LogP contribution is -2.65. The number of hydrogen-bond acceptors (Lipinski definition) is 4. The van der Waals surface area contributed by atoms with Crippen LogP contribution in [-0.4, -0.2) is 50.3 Å². The minimum Gasteiger partial charge on any atom is -0.389 e. The van der Waals surface area contributed by atoms with E-state index in [0.717, 1.165) is 29.4 Å². The van der Waals surface area contributed by atoms with Crippen molar-refractivity contribution in [3.8, 4) is 0 Å². The van der Waals surface area contributed by atoms with Gasteiger partial charge in [0.1, 0.15) is 0 Å². The van der Waals surface area contributed by atoms with Crippen molar-refractivity contribution in [3.05, 3.63) is 70.0 Å². The molecule has 1 fully saturated rings. The van der Waals surface area contributed by atoms with Crippen LogP contribution in [0.3, 0.4) is 0 Å². The zero-order chi connectivity index (χ0) is 19.3. The maximum Gasteiger partial charge on any atom is 0.255 e. The van der Waals surface area contributed by atoms with E-state index in [1.54, 1.807) is 21.8 Å². The number of likely N-dealkylation sites (tertiary alicyclic amines) is 1. The highest BCUT2D eigenvalue weighted by Gasteiger charge is 2.45. The lowest BCUT2D eigenvalue weighted by Gasteiger charge is -2.48. The van der Waals surface area contributed by atoms with Crippen LogP contribution in [0, 0.1) is 0 Å². The molecular formula is C21H21BrN4O2. The Kier molecular flexibility index (Phi) is 4.26. The Morgan fingerprint density at radius 2 is 2.11 bits per heavy atom. The fourth-order valence-corrected chi connectivity index (χ4v) is 4.75. The summed E-state index contributed by atoms with van der Waals surface area (Å²) in [6, 6.07) is 12.1. The number of carbonyl (C=O) groups excluding carboxylic acids is 1. The Bertz CT molecular complexity index is 1070. The molecule has 2 aliphatic rings. The summed E-state index contributed by atoms with van der Waals surface area (Å²) < 4.78 is 2.57. The van der Waals surface area contributed by atoms with Crippen molar-refractivity contribution in [1.82, 2.24) is 19.8 Å². The van der Waals surface area contributed by atoms with Crippen LogP contribution in [0.1, 0.15) is 27.9 Å². The molecule has 0 radical (unpaired) electrons. The quantitative estimate of drug-likeness (QED) is 0.609. The molecule has 4 heterocycles. The lowest BCUT2D eigenvalue weighted by molar-refractivity contribution is -0.0138. The first-order valence-corrected chi connectivity index (χ1v) is 10.3. The third-order valence-corrected chi connectivity index (χ3v) is 6.50. The van der Waals surface area contributed by atoms with Crippen molar-refractivity contribution in [3.63, 3.8) is 0 Å². The summed E-state index contributed by atoms with van der Waals surface area (Å²) in [6.07, 6.45) is 4.35. The number of rotatable bonds is 1. The van der Waals surface area contributed by atoms with Crippen LogP contribution in [0.25, 0.3) is 5.52 Å². The second-order valence-corrected chi connectivity index (χ2v) is 8.66. The normalized spacial score (nSPS) is 24.5. The lowest BCUT2D eigenvalue weighted by atomic mass is 9.76. The Labute approximate surface area is 171 Å². The van der Waals surface area contributed by atoms with Crippen LogP contribution in [0.2, 0.25) is 0 Å². The molecule has 1 spiro atoms. The monoisotopic (exact) mass is 440 g/mol. The number of benzene rings is 1. The van der Waals surface area contributed by atoms with Gasteiger partial charge in [0, 0.05) is 30.3 Å². The molecule has 3 aromatic rings. The van der Waals surface area contributed by atoms with E-state index in [1.807, 2.05) is 24.3 Å². The minimum absolute atomic E-state index is 0.0632. The number of aliphatic hydroxyl groups excluding tert-OH is 1. The summed E-state index contributed by atoms with van der Waals surface area (Å²) in [6.45, 7) is 1.71. The fourth-order valence-electron chi connectivity index (χ4n) is 4.42. The van der Waals surface area contributed by atoms with E-state index in [1.165, 1.54) is 11.1 Å². The minimum atomic E-state index is -0.608. The van der Waals surface area contributed by atoms with Crippen molar-refractivity contribution >= 4 is 27.4 Å². The van der Waals surface area contributed by atoms with Crippen LogP contribution in [0.15, 0.2) is 53.3 Å². The number of nitrogens with zero attached hydrogens (tertiary/aromatic N) is 3. The number of amides is 1. The molecule has 2 atom stereocenters. The molecule has 7 heteroatoms. The first-order valence-electron chi connectivity index (χ1n) is 9.47. The van der Waals surface area contributed by atoms with Gasteiger partial charge in [-0.1, -0.05) is 24.3 Å². The average Bonchev–Trinajstić information content (AvgIpc) is 3.13. The van der Waals surface area contributed by atoms with Crippen LogP contribution < -0.4 is 5.32 Å². The predicted octanol–water partition coefficient (Wildman–Crippen LogP) is 2.39. The molecule has 5 rings (SSSR count). The summed E-state index contributed by atoms with van der Waals surface area (Å²) in [5.74, 6) is -0.0632. The highest BCUT2D eigenvalue weighted by molar-refractivity contribution is 9.10. The molecule has 28 heavy (non-hydrogen) atoms. The molecule has 6 nitrogen and oxygen atoms in total. The van der Waals surface area contributed by atoms with E-state index in [2.05, 4.69) is 38.5 Å². The molecule has 2 N–H and O–H groups in total. The van der Waals surface area contributed by atoms with Gasteiger partial charge in [0.25, 0.3) is 5.91 Å². The van der Waals surface area contributed by atoms with Crippen molar-refractivity contribution in [2.75, 3.05) is 13.1 Å². The molecule has 1 amide bonds. The second kappa shape index (κ2) is 6.69. The molecule has 0 saturated carbocycles. The zero-order valence-corrected chi connectivity index (χ0v) is 16.9. The molecule has 0 aliphatic carbocycles. The Morgan fingerprint density at radius 1 is 1.29 bits per heavy atom. The van der Waals surface area contributed by atoms with Crippen molar-refractivity contribution < 1.29 is 9.90 Å². The largest absolute Gasteiger partial charge is 0.389 e. The standard InChI is InChI=1S/C21H21BrN4O2/c22-17-8-18-7-16(12-26(18)24-11-17)20(28)25-6-5-21(19(27)13-25)9-14-3-1-2-4-15(14)10-23-21/h1-4,7-8,11-12,19,23,27H,5-6,9-10,13H2/t19-,21+/m1/s1. The SMILES string of the molecule is O=C(c1cc2cc(Br)cnn2c1)N1CC[C@]2(Cc3ccccc3CN2)[C@H](O)C1. The van der Waals surface area contributed by atoms with Gasteiger partial charge in [0.05, 0.1) is 28.9 Å². The zero-order valence-electron chi connectivity index (χ0n) is 15.3. The van der Waals surface area contributed by atoms with E-state index in [0.29, 0.717) is 18.7 Å². The molecule has 1 aromatic carbocycles. The van der Waals surface area contributed by atoms with Crippen molar-refractivity contribution in [2.24, 2.45) is 0 Å². The summed E-state index contributed by atoms with van der Waals surface area (Å²) in [5, 5.41) is 18.8. The van der Waals surface area contributed by atoms with Crippen LogP contribution in [0.5, 0.6) is 0 Å². The molecule has 0 bridgehead atoms. The van der Waals surface area contributed by atoms with Gasteiger partial charge in [-0.15, -0.1) is 0 Å². The number of fused-ring (bicyclic) bond motifs is 2. The number of piperidine rings is 1. The maximum atomic E-state index is 13.0. The van der Waals surface area contributed by atoms with Gasteiger partial charge in [-0.3, -0.25) is 4.79 Å². The van der Waals surface area contributed by atoms with E-state index in [-0.39, 0.29) is 11.4 Å². The van der Waals surface area contributed by atoms with E-state index < -0.39 is 6.10 Å². The Morgan fingerprint density at radius 3 is 2.93 bits per heavy atom. The smallest absolute Gasteiger partial charge is 0.255 e. The number of aliphatic hydroxyl groups is 1. The van der Waals surface area contributed by atoms with E-state index in [9.17, 15) is 9.90 Å². The number of hydrogen-bond donors (Lipinski definition) is 2. The predicted molar refractivity (Wildman–Crippen MR) is 109 cm³/mol. The van der Waals surface area contributed by atoms with Gasteiger partial charge >= 0.3 is 0 Å². The average molecular weight is 441 g/mol. The third kappa shape index (κ3) is 2.94. The first-order chi connectivity index (χ1) is 13.5. The van der Waals surface area contributed by atoms with Gasteiger partial charge in [-0.05, 0) is 52.0 Å². The highest BCUT2D eigenvalue weighted by Crippen LogP contribution is 2.32. The molecule has 2 aromatic heterocycles. The van der Waals surface area contributed by atoms with Crippen LogP contribution in [0.4, 0.5) is 0 Å². The van der Waals surface area contributed by atoms with Crippen LogP contribution >= 0.6 is 15.9 Å². The molecule has 2 aliphatic heterocycles. The van der Waals surface area contributed by atoms with Crippen molar-refractivity contribution in [2.45, 2.75) is 31.0 Å². The van der Waals surface area contributed by atoms with Gasteiger partial charge in [0.2, 0.25) is 0 Å². The number of β-amino-alcohol motifs (C(OH)–C–C–N with tert-alkyl or cyclic N) is 1. The highest BCUT2D eigenvalue weighted by atomic mass is 79.9. The number of carbonyl (C=O) groups is 1. The van der Waals surface area contributed by atoms with Gasteiger partial charge in [-0.2, -0.15) is 5.10 Å². The van der Waals surface area contributed by atoms with E-state index in [4.69, 9.17) is 0 Å². The molecular weight excluding hydrogens is 420 g/mol.